The molecule has 0 aliphatic carbocycles. The Labute approximate surface area is 135 Å². The quantitative estimate of drug-likeness (QED) is 0.444. The Morgan fingerprint density at radius 1 is 1.16 bits per heavy atom. The number of thioether (sulfide) groups is 1. The molecule has 0 fully saturated rings. The zero-order valence-electron chi connectivity index (χ0n) is 9.69. The van der Waals surface area contributed by atoms with E-state index >= 15 is 0 Å². The van der Waals surface area contributed by atoms with Crippen LogP contribution in [0.2, 0.25) is 5.02 Å². The van der Waals surface area contributed by atoms with E-state index in [1.807, 2.05) is 48.5 Å². The number of hydrogen-bond donors (Lipinski definition) is 2. The lowest BCUT2D eigenvalue weighted by Gasteiger charge is -2.10. The highest BCUT2D eigenvalue weighted by molar-refractivity contribution is 9.10. The van der Waals surface area contributed by atoms with E-state index in [-0.39, 0.29) is 0 Å². The van der Waals surface area contributed by atoms with Gasteiger partial charge >= 0.3 is 0 Å². The summed E-state index contributed by atoms with van der Waals surface area (Å²) in [5.74, 6) is 0. The third-order valence-corrected chi connectivity index (χ3v) is 4.05. The molecule has 0 radical (unpaired) electrons. The number of anilines is 1. The van der Waals surface area contributed by atoms with Crippen molar-refractivity contribution in [2.75, 3.05) is 5.43 Å². The van der Waals surface area contributed by atoms with Crippen molar-refractivity contribution in [1.29, 1.82) is 0 Å². The average Bonchev–Trinajstić information content (AvgIpc) is 2.38. The van der Waals surface area contributed by atoms with Crippen molar-refractivity contribution < 1.29 is 0 Å². The van der Waals surface area contributed by atoms with Crippen LogP contribution in [0.25, 0.3) is 0 Å². The molecule has 0 saturated heterocycles. The lowest BCUT2D eigenvalue weighted by Crippen LogP contribution is -2.25. The van der Waals surface area contributed by atoms with E-state index in [0.29, 0.717) is 9.34 Å². The smallest absolute Gasteiger partial charge is 0.157 e. The number of thiocarbonyl (C=S) groups is 1. The van der Waals surface area contributed by atoms with Gasteiger partial charge in [0.1, 0.15) is 0 Å². The zero-order chi connectivity index (χ0) is 13.7. The van der Waals surface area contributed by atoms with E-state index in [1.165, 1.54) is 11.8 Å². The maximum atomic E-state index is 5.92. The number of hydrogen-bond acceptors (Lipinski definition) is 3. The minimum Gasteiger partial charge on any atom is -0.300 e. The molecule has 0 atom stereocenters. The van der Waals surface area contributed by atoms with Crippen LogP contribution in [0.15, 0.2) is 57.9 Å². The van der Waals surface area contributed by atoms with Gasteiger partial charge in [-0.2, -0.15) is 0 Å². The molecule has 0 amide bonds. The van der Waals surface area contributed by atoms with Crippen LogP contribution in [-0.2, 0) is 0 Å². The molecule has 0 saturated carbocycles. The van der Waals surface area contributed by atoms with Gasteiger partial charge in [0.05, 0.1) is 5.69 Å². The van der Waals surface area contributed by atoms with Gasteiger partial charge in [0.2, 0.25) is 0 Å². The molecule has 0 aliphatic rings. The van der Waals surface area contributed by atoms with E-state index in [2.05, 4.69) is 26.8 Å². The van der Waals surface area contributed by atoms with Gasteiger partial charge in [0.15, 0.2) is 4.32 Å². The predicted molar refractivity (Wildman–Crippen MR) is 90.8 cm³/mol. The minimum atomic E-state index is 0.630. The van der Waals surface area contributed by atoms with Crippen molar-refractivity contribution in [3.8, 4) is 0 Å². The van der Waals surface area contributed by atoms with E-state index in [4.69, 9.17) is 23.8 Å². The maximum Gasteiger partial charge on any atom is 0.157 e. The maximum absolute atomic E-state index is 5.92. The van der Waals surface area contributed by atoms with Crippen LogP contribution >= 0.6 is 51.5 Å². The summed E-state index contributed by atoms with van der Waals surface area (Å²) in [6.45, 7) is 0. The lowest BCUT2D eigenvalue weighted by molar-refractivity contribution is 1.16. The Morgan fingerprint density at radius 3 is 2.58 bits per heavy atom. The van der Waals surface area contributed by atoms with Crippen LogP contribution < -0.4 is 10.9 Å². The highest BCUT2D eigenvalue weighted by Crippen LogP contribution is 2.22. The minimum absolute atomic E-state index is 0.630. The van der Waals surface area contributed by atoms with Gasteiger partial charge in [-0.25, -0.2) is 0 Å². The number of nitrogens with one attached hydrogen (secondary N) is 2. The van der Waals surface area contributed by atoms with Gasteiger partial charge in [-0.05, 0) is 42.5 Å². The Bertz CT molecular complexity index is 575. The van der Waals surface area contributed by atoms with Crippen LogP contribution in [0, 0.1) is 0 Å². The highest BCUT2D eigenvalue weighted by Gasteiger charge is 2.00. The fourth-order valence-corrected chi connectivity index (χ4v) is 2.83. The largest absolute Gasteiger partial charge is 0.300 e. The van der Waals surface area contributed by atoms with Crippen LogP contribution in [0.5, 0.6) is 0 Å². The van der Waals surface area contributed by atoms with Gasteiger partial charge < -0.3 is 0 Å². The summed E-state index contributed by atoms with van der Waals surface area (Å²) in [6, 6.07) is 15.4. The predicted octanol–water partition coefficient (Wildman–Crippen LogP) is 5.10. The van der Waals surface area contributed by atoms with Gasteiger partial charge in [0.25, 0.3) is 0 Å². The van der Waals surface area contributed by atoms with Crippen molar-refractivity contribution in [3.05, 3.63) is 58.0 Å². The molecule has 2 rings (SSSR count). The van der Waals surface area contributed by atoms with E-state index in [1.54, 1.807) is 0 Å². The van der Waals surface area contributed by atoms with E-state index in [9.17, 15) is 0 Å². The number of hydrazine groups is 1. The molecule has 0 aliphatic heterocycles. The summed E-state index contributed by atoms with van der Waals surface area (Å²) in [7, 11) is 0. The molecule has 6 heteroatoms. The van der Waals surface area contributed by atoms with Gasteiger partial charge in [-0.3, -0.25) is 10.9 Å². The first-order valence-electron chi connectivity index (χ1n) is 5.38. The number of benzene rings is 2. The molecular formula is C13H10BrClN2S2. The van der Waals surface area contributed by atoms with Crippen molar-refractivity contribution >= 4 is 61.5 Å². The molecule has 0 unspecified atom stereocenters. The van der Waals surface area contributed by atoms with Crippen molar-refractivity contribution in [3.63, 3.8) is 0 Å². The standard InChI is InChI=1S/C13H10BrClN2S2/c14-9-4-6-11(7-5-9)16-17-13(18)19-12-3-1-2-10(15)8-12/h1-8,16H,(H,17,18). The molecule has 0 heterocycles. The normalized spacial score (nSPS) is 10.0. The van der Waals surface area contributed by atoms with Crippen LogP contribution in [0.3, 0.4) is 0 Å². The molecule has 2 nitrogen and oxygen atoms in total. The highest BCUT2D eigenvalue weighted by atomic mass is 79.9. The number of halogens is 2. The van der Waals surface area contributed by atoms with Gasteiger partial charge in [-0.1, -0.05) is 57.6 Å². The van der Waals surface area contributed by atoms with Crippen molar-refractivity contribution in [2.24, 2.45) is 0 Å². The molecule has 0 bridgehead atoms. The fraction of sp³-hybridized carbons (Fsp3) is 0. The molecule has 2 aromatic rings. The molecule has 19 heavy (non-hydrogen) atoms. The topological polar surface area (TPSA) is 24.1 Å². The number of rotatable bonds is 3. The summed E-state index contributed by atoms with van der Waals surface area (Å²) in [4.78, 5) is 1.00. The first-order chi connectivity index (χ1) is 9.13. The Morgan fingerprint density at radius 2 is 1.89 bits per heavy atom. The molecule has 0 aromatic heterocycles. The summed E-state index contributed by atoms with van der Waals surface area (Å²) >= 11 is 16.0. The zero-order valence-corrected chi connectivity index (χ0v) is 13.7. The Balaban J connectivity index is 1.86. The molecule has 0 spiro atoms. The molecule has 98 valence electrons. The Kier molecular flexibility index (Phi) is 5.51. The Hall–Kier alpha value is -0.750. The molecular weight excluding hydrogens is 364 g/mol. The third kappa shape index (κ3) is 5.03. The first-order valence-corrected chi connectivity index (χ1v) is 7.78. The first kappa shape index (κ1) is 14.7. The van der Waals surface area contributed by atoms with Crippen LogP contribution in [0.4, 0.5) is 5.69 Å². The molecule has 2 N–H and O–H groups in total. The van der Waals surface area contributed by atoms with Crippen LogP contribution in [-0.4, -0.2) is 4.32 Å². The van der Waals surface area contributed by atoms with Crippen molar-refractivity contribution in [2.45, 2.75) is 4.90 Å². The lowest BCUT2D eigenvalue weighted by atomic mass is 10.3. The summed E-state index contributed by atoms with van der Waals surface area (Å²) in [5.41, 5.74) is 6.95. The summed E-state index contributed by atoms with van der Waals surface area (Å²) < 4.78 is 1.67. The van der Waals surface area contributed by atoms with Crippen molar-refractivity contribution in [1.82, 2.24) is 5.43 Å². The summed E-state index contributed by atoms with van der Waals surface area (Å²) in [6.07, 6.45) is 0. The van der Waals surface area contributed by atoms with E-state index in [0.717, 1.165) is 15.1 Å². The van der Waals surface area contributed by atoms with Gasteiger partial charge in [0, 0.05) is 14.4 Å². The third-order valence-electron chi connectivity index (χ3n) is 2.16. The summed E-state index contributed by atoms with van der Waals surface area (Å²) in [5, 5.41) is 0.702. The monoisotopic (exact) mass is 372 g/mol. The second kappa shape index (κ2) is 7.14. The second-order valence-electron chi connectivity index (χ2n) is 3.60. The van der Waals surface area contributed by atoms with Gasteiger partial charge in [-0.15, -0.1) is 0 Å². The SMILES string of the molecule is S=C(NNc1ccc(Br)cc1)Sc1cccc(Cl)c1. The average molecular weight is 374 g/mol. The van der Waals surface area contributed by atoms with E-state index < -0.39 is 0 Å². The fourth-order valence-electron chi connectivity index (χ4n) is 1.32. The second-order valence-corrected chi connectivity index (χ2v) is 6.71. The molecule has 2 aromatic carbocycles. The van der Waals surface area contributed by atoms with Crippen LogP contribution in [0.1, 0.15) is 0 Å².